The van der Waals surface area contributed by atoms with Crippen LogP contribution in [0.15, 0.2) is 54.7 Å². The Morgan fingerprint density at radius 3 is 2.43 bits per heavy atom. The fourth-order valence-electron chi connectivity index (χ4n) is 4.15. The highest BCUT2D eigenvalue weighted by Crippen LogP contribution is 2.27. The number of benzene rings is 2. The van der Waals surface area contributed by atoms with Crippen molar-refractivity contribution in [3.63, 3.8) is 0 Å². The molecule has 28 heavy (non-hydrogen) atoms. The van der Waals surface area contributed by atoms with E-state index in [1.54, 1.807) is 0 Å². The van der Waals surface area contributed by atoms with Crippen LogP contribution in [0, 0.1) is 0 Å². The topological polar surface area (TPSA) is 25.5 Å². The molecule has 2 aromatic carbocycles. The quantitative estimate of drug-likeness (QED) is 0.439. The van der Waals surface area contributed by atoms with Gasteiger partial charge >= 0.3 is 0 Å². The summed E-state index contributed by atoms with van der Waals surface area (Å²) < 4.78 is 4.58. The molecule has 1 aliphatic heterocycles. The van der Waals surface area contributed by atoms with Gasteiger partial charge in [-0.3, -0.25) is 4.40 Å². The second-order valence-electron chi connectivity index (χ2n) is 7.35. The van der Waals surface area contributed by atoms with Crippen molar-refractivity contribution in [1.82, 2.24) is 18.9 Å². The Labute approximate surface area is 176 Å². The molecule has 4 nitrogen and oxygen atoms in total. The number of piperidine rings is 1. The average molecular weight is 415 g/mol. The fraction of sp³-hybridized carbons (Fsp3) is 0.318. The molecule has 146 valence electrons. The van der Waals surface area contributed by atoms with Crippen LogP contribution in [0.2, 0.25) is 5.02 Å². The van der Waals surface area contributed by atoms with Crippen LogP contribution in [0.1, 0.15) is 19.3 Å². The third kappa shape index (κ3) is 3.52. The predicted octanol–water partition coefficient (Wildman–Crippen LogP) is 5.52. The highest BCUT2D eigenvalue weighted by atomic mass is 35.5. The van der Waals surface area contributed by atoms with Crippen LogP contribution in [0.4, 0.5) is 0 Å². The van der Waals surface area contributed by atoms with E-state index in [0.717, 1.165) is 34.9 Å². The molecule has 0 spiro atoms. The minimum atomic E-state index is 0. The van der Waals surface area contributed by atoms with Gasteiger partial charge in [-0.15, -0.1) is 12.4 Å². The zero-order valence-electron chi connectivity index (χ0n) is 15.7. The molecule has 2 aromatic heterocycles. The molecule has 1 saturated heterocycles. The summed E-state index contributed by atoms with van der Waals surface area (Å²) in [5.41, 5.74) is 4.56. The maximum atomic E-state index is 6.11. The largest absolute Gasteiger partial charge is 0.308 e. The predicted molar refractivity (Wildman–Crippen MR) is 119 cm³/mol. The number of hydrogen-bond donors (Lipinski definition) is 0. The number of aromatic nitrogens is 3. The number of imidazole rings is 2. The number of fused-ring (bicyclic) bond motifs is 3. The standard InChI is InChI=1S/C22H23ClN4.ClH/c23-18-10-8-17(9-11-18)21-16-27-20-7-3-2-6-19(20)24-22(27)26(21)15-14-25-12-4-1-5-13-25;/h2-3,6-11,16H,1,4-5,12-15H2;1H. The van der Waals surface area contributed by atoms with Crippen LogP contribution in [-0.2, 0) is 6.54 Å². The van der Waals surface area contributed by atoms with Gasteiger partial charge < -0.3 is 9.47 Å². The van der Waals surface area contributed by atoms with Crippen LogP contribution in [-0.4, -0.2) is 38.5 Å². The molecule has 0 unspecified atom stereocenters. The molecule has 1 fully saturated rings. The molecule has 0 amide bonds. The monoisotopic (exact) mass is 414 g/mol. The summed E-state index contributed by atoms with van der Waals surface area (Å²) in [7, 11) is 0. The van der Waals surface area contributed by atoms with Crippen molar-refractivity contribution >= 4 is 40.8 Å². The molecule has 0 aliphatic carbocycles. The molecule has 0 saturated carbocycles. The molecule has 3 heterocycles. The summed E-state index contributed by atoms with van der Waals surface area (Å²) in [4.78, 5) is 7.50. The first-order valence-corrected chi connectivity index (χ1v) is 10.1. The summed E-state index contributed by atoms with van der Waals surface area (Å²) in [5.74, 6) is 1.01. The van der Waals surface area contributed by atoms with Crippen LogP contribution in [0.25, 0.3) is 28.1 Å². The minimum Gasteiger partial charge on any atom is -0.308 e. The lowest BCUT2D eigenvalue weighted by Crippen LogP contribution is -2.32. The van der Waals surface area contributed by atoms with Crippen molar-refractivity contribution in [1.29, 1.82) is 0 Å². The summed E-state index contributed by atoms with van der Waals surface area (Å²) in [5, 5.41) is 0.764. The Balaban J connectivity index is 0.00000192. The Bertz CT molecular complexity index is 1080. The average Bonchev–Trinajstić information content (AvgIpc) is 3.24. The van der Waals surface area contributed by atoms with E-state index < -0.39 is 0 Å². The van der Waals surface area contributed by atoms with Crippen LogP contribution >= 0.6 is 24.0 Å². The van der Waals surface area contributed by atoms with Gasteiger partial charge in [-0.05, 0) is 55.8 Å². The lowest BCUT2D eigenvalue weighted by Gasteiger charge is -2.26. The Kier molecular flexibility index (Phi) is 5.63. The summed E-state index contributed by atoms with van der Waals surface area (Å²) >= 11 is 6.11. The molecule has 0 bridgehead atoms. The SMILES string of the molecule is Cl.Clc1ccc(-c2cn3c4ccccc4nc3n2CCN2CCCCC2)cc1. The third-order valence-electron chi connectivity index (χ3n) is 5.59. The van der Waals surface area contributed by atoms with Crippen molar-refractivity contribution in [3.8, 4) is 11.3 Å². The zero-order chi connectivity index (χ0) is 18.2. The number of hydrogen-bond acceptors (Lipinski definition) is 2. The first kappa shape index (κ1) is 19.3. The van der Waals surface area contributed by atoms with Crippen molar-refractivity contribution in [2.75, 3.05) is 19.6 Å². The van der Waals surface area contributed by atoms with Gasteiger partial charge in [-0.2, -0.15) is 0 Å². The Hall–Kier alpha value is -2.01. The second kappa shape index (κ2) is 8.16. The molecule has 0 atom stereocenters. The third-order valence-corrected chi connectivity index (χ3v) is 5.84. The van der Waals surface area contributed by atoms with E-state index in [-0.39, 0.29) is 12.4 Å². The maximum Gasteiger partial charge on any atom is 0.215 e. The van der Waals surface area contributed by atoms with E-state index in [1.165, 1.54) is 43.6 Å². The first-order valence-electron chi connectivity index (χ1n) is 9.74. The number of halogens is 2. The number of para-hydroxylation sites is 2. The lowest BCUT2D eigenvalue weighted by molar-refractivity contribution is 0.222. The van der Waals surface area contributed by atoms with Gasteiger partial charge in [0.2, 0.25) is 5.78 Å². The molecule has 1 aliphatic rings. The molecular weight excluding hydrogens is 391 g/mol. The molecule has 5 rings (SSSR count). The number of likely N-dealkylation sites (tertiary alicyclic amines) is 1. The fourth-order valence-corrected chi connectivity index (χ4v) is 4.27. The molecule has 6 heteroatoms. The normalized spacial score (nSPS) is 15.2. The van der Waals surface area contributed by atoms with Crippen molar-refractivity contribution in [3.05, 3.63) is 59.8 Å². The van der Waals surface area contributed by atoms with E-state index in [1.807, 2.05) is 18.2 Å². The van der Waals surface area contributed by atoms with Gasteiger partial charge in [0.15, 0.2) is 0 Å². The minimum absolute atomic E-state index is 0. The van der Waals surface area contributed by atoms with E-state index in [9.17, 15) is 0 Å². The van der Waals surface area contributed by atoms with Gasteiger partial charge in [-0.25, -0.2) is 4.98 Å². The van der Waals surface area contributed by atoms with E-state index in [4.69, 9.17) is 16.6 Å². The van der Waals surface area contributed by atoms with Crippen molar-refractivity contribution in [2.45, 2.75) is 25.8 Å². The van der Waals surface area contributed by atoms with E-state index in [0.29, 0.717) is 0 Å². The summed E-state index contributed by atoms with van der Waals surface area (Å²) in [6, 6.07) is 16.4. The van der Waals surface area contributed by atoms with E-state index in [2.05, 4.69) is 50.4 Å². The number of rotatable bonds is 4. The van der Waals surface area contributed by atoms with Gasteiger partial charge in [0.25, 0.3) is 0 Å². The second-order valence-corrected chi connectivity index (χ2v) is 7.78. The van der Waals surface area contributed by atoms with Crippen LogP contribution in [0.5, 0.6) is 0 Å². The highest BCUT2D eigenvalue weighted by Gasteiger charge is 2.17. The van der Waals surface area contributed by atoms with Gasteiger partial charge in [-0.1, -0.05) is 42.3 Å². The van der Waals surface area contributed by atoms with Crippen LogP contribution < -0.4 is 0 Å². The van der Waals surface area contributed by atoms with Gasteiger partial charge in [0.05, 0.1) is 16.7 Å². The summed E-state index contributed by atoms with van der Waals surface area (Å²) in [6.45, 7) is 4.43. The smallest absolute Gasteiger partial charge is 0.215 e. The highest BCUT2D eigenvalue weighted by molar-refractivity contribution is 6.30. The molecule has 4 aromatic rings. The Morgan fingerprint density at radius 2 is 1.64 bits per heavy atom. The molecule has 0 radical (unpaired) electrons. The first-order chi connectivity index (χ1) is 13.3. The summed E-state index contributed by atoms with van der Waals surface area (Å²) in [6.07, 6.45) is 6.22. The lowest BCUT2D eigenvalue weighted by atomic mass is 10.1. The zero-order valence-corrected chi connectivity index (χ0v) is 17.3. The number of nitrogens with zero attached hydrogens (tertiary/aromatic N) is 4. The van der Waals surface area contributed by atoms with Crippen molar-refractivity contribution < 1.29 is 0 Å². The maximum absolute atomic E-state index is 6.11. The molecular formula is C22H24Cl2N4. The van der Waals surface area contributed by atoms with Crippen molar-refractivity contribution in [2.24, 2.45) is 0 Å². The Morgan fingerprint density at radius 1 is 0.893 bits per heavy atom. The van der Waals surface area contributed by atoms with Crippen LogP contribution in [0.3, 0.4) is 0 Å². The van der Waals surface area contributed by atoms with Gasteiger partial charge in [0.1, 0.15) is 0 Å². The van der Waals surface area contributed by atoms with E-state index >= 15 is 0 Å². The van der Waals surface area contributed by atoms with Gasteiger partial charge in [0, 0.05) is 24.3 Å². The molecule has 0 N–H and O–H groups in total.